The molecule has 0 bridgehead atoms. The number of carbonyl (C=O) groups excluding carboxylic acids is 1. The summed E-state index contributed by atoms with van der Waals surface area (Å²) in [5, 5.41) is 3.58. The fraction of sp³-hybridized carbons (Fsp3) is 0.0870. The first-order chi connectivity index (χ1) is 14.9. The largest absolute Gasteiger partial charge is 0.493 e. The molecule has 0 aliphatic carbocycles. The van der Waals surface area contributed by atoms with Crippen LogP contribution in [0.5, 0.6) is 5.75 Å². The molecule has 1 N–H and O–H groups in total. The van der Waals surface area contributed by atoms with Crippen molar-refractivity contribution in [3.8, 4) is 5.75 Å². The fourth-order valence-electron chi connectivity index (χ4n) is 3.01. The summed E-state index contributed by atoms with van der Waals surface area (Å²) >= 11 is 5.83. The van der Waals surface area contributed by atoms with E-state index in [9.17, 15) is 9.18 Å². The molecule has 8 heteroatoms. The van der Waals surface area contributed by atoms with Crippen LogP contribution in [-0.2, 0) is 0 Å². The number of halogens is 2. The van der Waals surface area contributed by atoms with E-state index in [1.165, 1.54) is 19.2 Å². The number of benzene rings is 2. The van der Waals surface area contributed by atoms with Gasteiger partial charge in [-0.15, -0.1) is 0 Å². The molecule has 0 unspecified atom stereocenters. The zero-order chi connectivity index (χ0) is 22.0. The molecule has 0 saturated heterocycles. The summed E-state index contributed by atoms with van der Waals surface area (Å²) in [4.78, 5) is 21.6. The maximum atomic E-state index is 14.4. The summed E-state index contributed by atoms with van der Waals surface area (Å²) in [6.07, 6.45) is 0. The van der Waals surface area contributed by atoms with Gasteiger partial charge < -0.3 is 14.5 Å². The van der Waals surface area contributed by atoms with Crippen molar-refractivity contribution in [2.24, 2.45) is 4.99 Å². The van der Waals surface area contributed by atoms with E-state index in [1.54, 1.807) is 36.4 Å². The molecule has 156 valence electrons. The quantitative estimate of drug-likeness (QED) is 0.462. The van der Waals surface area contributed by atoms with Gasteiger partial charge in [-0.2, -0.15) is 0 Å². The van der Waals surface area contributed by atoms with Crippen LogP contribution in [0.3, 0.4) is 0 Å². The molecule has 0 aliphatic heterocycles. The molecule has 2 aromatic heterocycles. The van der Waals surface area contributed by atoms with Gasteiger partial charge in [-0.3, -0.25) is 4.79 Å². The number of hydrogen-bond donors (Lipinski definition) is 1. The highest BCUT2D eigenvalue weighted by Gasteiger charge is 2.16. The molecular formula is C23H17ClFN3O3. The molecule has 31 heavy (non-hydrogen) atoms. The number of aromatic nitrogens is 1. The van der Waals surface area contributed by atoms with Gasteiger partial charge in [-0.25, -0.2) is 14.4 Å². The average molecular weight is 438 g/mol. The van der Waals surface area contributed by atoms with E-state index in [2.05, 4.69) is 15.3 Å². The van der Waals surface area contributed by atoms with E-state index in [0.717, 1.165) is 11.8 Å². The molecular weight excluding hydrogens is 421 g/mol. The number of anilines is 1. The Bertz CT molecular complexity index is 1370. The summed E-state index contributed by atoms with van der Waals surface area (Å²) in [5.74, 6) is -0.313. The fourth-order valence-corrected chi connectivity index (χ4v) is 3.17. The molecule has 4 rings (SSSR count). The lowest BCUT2D eigenvalue weighted by molar-refractivity contribution is 0.102. The summed E-state index contributed by atoms with van der Waals surface area (Å²) < 4.78 is 25.6. The highest BCUT2D eigenvalue weighted by molar-refractivity contribution is 6.30. The van der Waals surface area contributed by atoms with E-state index < -0.39 is 11.7 Å². The molecule has 2 heterocycles. The van der Waals surface area contributed by atoms with Gasteiger partial charge in [-0.05, 0) is 49.4 Å². The van der Waals surface area contributed by atoms with Gasteiger partial charge in [-0.1, -0.05) is 29.8 Å². The van der Waals surface area contributed by atoms with Gasteiger partial charge in [0.25, 0.3) is 5.91 Å². The van der Waals surface area contributed by atoms with E-state index in [1.807, 2.05) is 13.0 Å². The monoisotopic (exact) mass is 437 g/mol. The number of ether oxygens (including phenoxy) is 1. The van der Waals surface area contributed by atoms with Gasteiger partial charge >= 0.3 is 0 Å². The molecule has 1 amide bonds. The van der Waals surface area contributed by atoms with Crippen LogP contribution in [-0.4, -0.2) is 18.0 Å². The number of nitrogens with one attached hydrogen (secondary N) is 1. The molecule has 0 fully saturated rings. The molecule has 0 spiro atoms. The smallest absolute Gasteiger partial charge is 0.262 e. The number of amides is 1. The molecule has 0 aliphatic rings. The Balaban J connectivity index is 1.91. The SMILES string of the molecule is COc1cccc2cc(C(=O)Nc3cccc(C)n3)c(=Nc3ccc(Cl)cc3F)oc12. The zero-order valence-corrected chi connectivity index (χ0v) is 17.4. The average Bonchev–Trinajstić information content (AvgIpc) is 2.74. The number of rotatable bonds is 4. The third-order valence-corrected chi connectivity index (χ3v) is 4.70. The Morgan fingerprint density at radius 2 is 1.97 bits per heavy atom. The Kier molecular flexibility index (Phi) is 5.68. The molecule has 0 saturated carbocycles. The Hall–Kier alpha value is -3.71. The van der Waals surface area contributed by atoms with E-state index in [4.69, 9.17) is 20.8 Å². The van der Waals surface area contributed by atoms with Crippen LogP contribution in [0.4, 0.5) is 15.9 Å². The van der Waals surface area contributed by atoms with Crippen molar-refractivity contribution in [2.45, 2.75) is 6.92 Å². The van der Waals surface area contributed by atoms with E-state index in [-0.39, 0.29) is 21.8 Å². The molecule has 2 aromatic carbocycles. The second-order valence-corrected chi connectivity index (χ2v) is 7.11. The predicted octanol–water partition coefficient (Wildman–Crippen LogP) is 5.42. The first-order valence-corrected chi connectivity index (χ1v) is 9.68. The van der Waals surface area contributed by atoms with Crippen LogP contribution in [0.25, 0.3) is 11.0 Å². The first kappa shape index (κ1) is 20.6. The number of fused-ring (bicyclic) bond motifs is 1. The minimum absolute atomic E-state index is 0.0230. The van der Waals surface area contributed by atoms with Crippen molar-refractivity contribution in [2.75, 3.05) is 12.4 Å². The number of carbonyl (C=O) groups is 1. The van der Waals surface area contributed by atoms with Crippen molar-refractivity contribution < 1.29 is 18.3 Å². The normalized spacial score (nSPS) is 11.5. The lowest BCUT2D eigenvalue weighted by atomic mass is 10.1. The number of pyridine rings is 1. The van der Waals surface area contributed by atoms with Crippen molar-refractivity contribution in [3.05, 3.63) is 88.3 Å². The number of nitrogens with zero attached hydrogens (tertiary/aromatic N) is 2. The summed E-state index contributed by atoms with van der Waals surface area (Å²) in [5.41, 5.74) is 1.13. The van der Waals surface area contributed by atoms with Crippen LogP contribution in [0.15, 0.2) is 70.1 Å². The van der Waals surface area contributed by atoms with Crippen LogP contribution >= 0.6 is 11.6 Å². The van der Waals surface area contributed by atoms with Crippen molar-refractivity contribution in [1.29, 1.82) is 0 Å². The Labute approximate surface area is 182 Å². The second kappa shape index (κ2) is 8.57. The van der Waals surface area contributed by atoms with Crippen molar-refractivity contribution in [3.63, 3.8) is 0 Å². The molecule has 0 atom stereocenters. The Morgan fingerprint density at radius 3 is 2.71 bits per heavy atom. The van der Waals surface area contributed by atoms with Crippen LogP contribution in [0, 0.1) is 12.7 Å². The summed E-state index contributed by atoms with van der Waals surface area (Å²) in [7, 11) is 1.50. The van der Waals surface area contributed by atoms with E-state index in [0.29, 0.717) is 22.5 Å². The molecule has 4 aromatic rings. The topological polar surface area (TPSA) is 76.7 Å². The van der Waals surface area contributed by atoms with Gasteiger partial charge in [0.05, 0.1) is 7.11 Å². The number of aryl methyl sites for hydroxylation is 1. The van der Waals surface area contributed by atoms with Crippen molar-refractivity contribution >= 4 is 40.0 Å². The summed E-state index contributed by atoms with van der Waals surface area (Å²) in [6.45, 7) is 1.82. The minimum atomic E-state index is -0.644. The van der Waals surface area contributed by atoms with Crippen LogP contribution in [0.1, 0.15) is 16.1 Å². The lowest BCUT2D eigenvalue weighted by Gasteiger charge is -2.09. The minimum Gasteiger partial charge on any atom is -0.493 e. The van der Waals surface area contributed by atoms with Gasteiger partial charge in [0, 0.05) is 16.1 Å². The zero-order valence-electron chi connectivity index (χ0n) is 16.6. The second-order valence-electron chi connectivity index (χ2n) is 6.67. The first-order valence-electron chi connectivity index (χ1n) is 9.30. The molecule has 0 radical (unpaired) electrons. The highest BCUT2D eigenvalue weighted by atomic mass is 35.5. The van der Waals surface area contributed by atoms with Gasteiger partial charge in [0.2, 0.25) is 5.55 Å². The summed E-state index contributed by atoms with van der Waals surface area (Å²) in [6, 6.07) is 16.2. The number of para-hydroxylation sites is 1. The molecule has 6 nitrogen and oxygen atoms in total. The standard InChI is InChI=1S/C23H17ClFN3O3/c1-13-5-3-8-20(26-13)28-22(29)16-11-14-6-4-7-19(30-2)21(14)31-23(16)27-18-10-9-15(24)12-17(18)25/h3-12H,1-2H3,(H,26,28,29). The number of methoxy groups -OCH3 is 1. The van der Waals surface area contributed by atoms with E-state index >= 15 is 0 Å². The predicted molar refractivity (Wildman–Crippen MR) is 116 cm³/mol. The van der Waals surface area contributed by atoms with Gasteiger partial charge in [0.15, 0.2) is 11.3 Å². The Morgan fingerprint density at radius 1 is 1.16 bits per heavy atom. The maximum Gasteiger partial charge on any atom is 0.262 e. The number of hydrogen-bond acceptors (Lipinski definition) is 5. The lowest BCUT2D eigenvalue weighted by Crippen LogP contribution is -2.22. The maximum absolute atomic E-state index is 14.4. The third-order valence-electron chi connectivity index (χ3n) is 4.46. The van der Waals surface area contributed by atoms with Crippen LogP contribution < -0.4 is 15.6 Å². The third kappa shape index (κ3) is 4.41. The highest BCUT2D eigenvalue weighted by Crippen LogP contribution is 2.26. The van der Waals surface area contributed by atoms with Crippen LogP contribution in [0.2, 0.25) is 5.02 Å². The van der Waals surface area contributed by atoms with Crippen molar-refractivity contribution in [1.82, 2.24) is 4.98 Å². The van der Waals surface area contributed by atoms with Gasteiger partial charge in [0.1, 0.15) is 22.9 Å².